The number of hydrogen-bond acceptors (Lipinski definition) is 7. The van der Waals surface area contributed by atoms with Gasteiger partial charge in [0.2, 0.25) is 0 Å². The van der Waals surface area contributed by atoms with Crippen LogP contribution in [0.1, 0.15) is 11.1 Å². The summed E-state index contributed by atoms with van der Waals surface area (Å²) in [6.07, 6.45) is 1.34. The monoisotopic (exact) mass is 666 g/mol. The number of halogens is 3. The maximum Gasteiger partial charge on any atom is 0.336 e. The molecule has 202 valence electrons. The van der Waals surface area contributed by atoms with Crippen molar-refractivity contribution in [3.63, 3.8) is 0 Å². The first kappa shape index (κ1) is 28.2. The molecule has 0 atom stereocenters. The number of hydrogen-bond donors (Lipinski definition) is 1. The van der Waals surface area contributed by atoms with Crippen molar-refractivity contribution in [2.75, 3.05) is 26.2 Å². The Labute approximate surface area is 241 Å². The molecule has 3 aromatic rings. The summed E-state index contributed by atoms with van der Waals surface area (Å²) in [4.78, 5) is 39.7. The van der Waals surface area contributed by atoms with Crippen LogP contribution in [0.2, 0.25) is 5.02 Å². The number of methoxy groups -OCH3 is 3. The Morgan fingerprint density at radius 3 is 2.26 bits per heavy atom. The van der Waals surface area contributed by atoms with Gasteiger partial charge in [0.15, 0.2) is 11.5 Å². The Kier molecular flexibility index (Phi) is 8.60. The zero-order valence-corrected chi connectivity index (χ0v) is 23.8. The van der Waals surface area contributed by atoms with Gasteiger partial charge in [-0.05, 0) is 64.1 Å². The summed E-state index contributed by atoms with van der Waals surface area (Å²) in [6, 6.07) is 11.0. The van der Waals surface area contributed by atoms with Crippen molar-refractivity contribution >= 4 is 63.8 Å². The first-order valence-corrected chi connectivity index (χ1v) is 12.7. The van der Waals surface area contributed by atoms with Crippen LogP contribution in [0.15, 0.2) is 54.1 Å². The zero-order valence-electron chi connectivity index (χ0n) is 20.8. The number of urea groups is 1. The summed E-state index contributed by atoms with van der Waals surface area (Å²) in [5, 5.41) is 2.38. The van der Waals surface area contributed by atoms with Crippen LogP contribution < -0.4 is 29.2 Å². The van der Waals surface area contributed by atoms with E-state index in [0.29, 0.717) is 20.6 Å². The molecule has 0 aromatic heterocycles. The number of amides is 4. The van der Waals surface area contributed by atoms with E-state index in [2.05, 4.69) is 5.32 Å². The number of nitrogens with zero attached hydrogens (tertiary/aromatic N) is 1. The summed E-state index contributed by atoms with van der Waals surface area (Å²) in [7, 11) is 4.18. The molecule has 1 fully saturated rings. The van der Waals surface area contributed by atoms with Crippen molar-refractivity contribution < 1.29 is 37.7 Å². The van der Waals surface area contributed by atoms with Gasteiger partial charge in [-0.15, -0.1) is 0 Å². The molecule has 0 saturated carbocycles. The molecule has 9 nitrogen and oxygen atoms in total. The van der Waals surface area contributed by atoms with Crippen LogP contribution in [0.5, 0.6) is 23.0 Å². The number of benzene rings is 3. The number of carbonyl (C=O) groups is 3. The van der Waals surface area contributed by atoms with Crippen molar-refractivity contribution in [1.29, 1.82) is 0 Å². The molecule has 4 amide bonds. The lowest BCUT2D eigenvalue weighted by Crippen LogP contribution is -2.54. The smallest absolute Gasteiger partial charge is 0.336 e. The number of carbonyl (C=O) groups excluding carboxylic acids is 3. The Morgan fingerprint density at radius 2 is 1.62 bits per heavy atom. The van der Waals surface area contributed by atoms with Crippen LogP contribution in [0.4, 0.5) is 14.9 Å². The van der Waals surface area contributed by atoms with Gasteiger partial charge in [0.25, 0.3) is 11.8 Å². The van der Waals surface area contributed by atoms with Crippen molar-refractivity contribution in [2.24, 2.45) is 0 Å². The minimum atomic E-state index is -0.957. The van der Waals surface area contributed by atoms with E-state index in [4.69, 9.17) is 30.5 Å². The molecule has 1 N–H and O–H groups in total. The molecule has 1 saturated heterocycles. The van der Waals surface area contributed by atoms with E-state index in [-0.39, 0.29) is 40.2 Å². The van der Waals surface area contributed by atoms with E-state index in [1.165, 1.54) is 51.7 Å². The third-order valence-corrected chi connectivity index (χ3v) is 6.75. The Hall–Kier alpha value is -3.84. The third kappa shape index (κ3) is 5.93. The largest absolute Gasteiger partial charge is 0.495 e. The van der Waals surface area contributed by atoms with Crippen LogP contribution in [0.3, 0.4) is 0 Å². The second kappa shape index (κ2) is 11.9. The fraction of sp³-hybridized carbons (Fsp3) is 0.148. The quantitative estimate of drug-likeness (QED) is 0.196. The van der Waals surface area contributed by atoms with Crippen molar-refractivity contribution in [3.05, 3.63) is 79.6 Å². The minimum Gasteiger partial charge on any atom is -0.495 e. The number of barbiturate groups is 1. The first-order valence-electron chi connectivity index (χ1n) is 11.2. The molecule has 12 heteroatoms. The van der Waals surface area contributed by atoms with Gasteiger partial charge < -0.3 is 18.9 Å². The molecule has 0 aliphatic carbocycles. The molecule has 3 aromatic carbocycles. The zero-order chi connectivity index (χ0) is 28.3. The van der Waals surface area contributed by atoms with Gasteiger partial charge >= 0.3 is 6.03 Å². The Bertz CT molecular complexity index is 1490. The van der Waals surface area contributed by atoms with Crippen molar-refractivity contribution in [3.8, 4) is 23.0 Å². The number of rotatable bonds is 8. The average Bonchev–Trinajstić information content (AvgIpc) is 2.91. The summed E-state index contributed by atoms with van der Waals surface area (Å²) in [5.41, 5.74) is 0.933. The highest BCUT2D eigenvalue weighted by atomic mass is 127. The van der Waals surface area contributed by atoms with Crippen LogP contribution in [-0.2, 0) is 16.2 Å². The van der Waals surface area contributed by atoms with Gasteiger partial charge in [-0.3, -0.25) is 14.9 Å². The van der Waals surface area contributed by atoms with Gasteiger partial charge in [-0.2, -0.15) is 0 Å². The standard InChI is InChI=1S/C27H21ClFIN2O7/c1-36-21-12-20(22(37-2)11-18(21)28)32-26(34)17(25(33)31-27(32)35)8-15-9-19(30)24(23(10-15)38-3)39-13-14-4-6-16(29)7-5-14/h4-12H,13H2,1-3H3,(H,31,33,35)/b17-8+. The van der Waals surface area contributed by atoms with Gasteiger partial charge in [0, 0.05) is 12.1 Å². The highest BCUT2D eigenvalue weighted by Gasteiger charge is 2.38. The summed E-state index contributed by atoms with van der Waals surface area (Å²) in [6.45, 7) is 0.164. The van der Waals surface area contributed by atoms with Gasteiger partial charge in [0.1, 0.15) is 29.5 Å². The second-order valence-corrected chi connectivity index (χ2v) is 9.64. The maximum atomic E-state index is 13.5. The van der Waals surface area contributed by atoms with E-state index in [1.54, 1.807) is 24.3 Å². The lowest BCUT2D eigenvalue weighted by Gasteiger charge is -2.28. The minimum absolute atomic E-state index is 0.0383. The average molecular weight is 667 g/mol. The summed E-state index contributed by atoms with van der Waals surface area (Å²) < 4.78 is 35.7. The van der Waals surface area contributed by atoms with E-state index in [9.17, 15) is 18.8 Å². The number of imide groups is 2. The summed E-state index contributed by atoms with van der Waals surface area (Å²) >= 11 is 8.20. The Morgan fingerprint density at radius 1 is 0.949 bits per heavy atom. The number of ether oxygens (including phenoxy) is 4. The van der Waals surface area contributed by atoms with Crippen LogP contribution >= 0.6 is 34.2 Å². The van der Waals surface area contributed by atoms with E-state index >= 15 is 0 Å². The molecule has 1 heterocycles. The first-order chi connectivity index (χ1) is 18.7. The highest BCUT2D eigenvalue weighted by molar-refractivity contribution is 14.1. The van der Waals surface area contributed by atoms with Gasteiger partial charge in [-0.25, -0.2) is 14.1 Å². The van der Waals surface area contributed by atoms with Crippen LogP contribution in [0, 0.1) is 9.39 Å². The normalized spacial score (nSPS) is 14.4. The lowest BCUT2D eigenvalue weighted by atomic mass is 10.1. The Balaban J connectivity index is 1.68. The van der Waals surface area contributed by atoms with E-state index in [1.807, 2.05) is 22.6 Å². The van der Waals surface area contributed by atoms with Gasteiger partial charge in [0.05, 0.1) is 35.6 Å². The molecule has 0 unspecified atom stereocenters. The lowest BCUT2D eigenvalue weighted by molar-refractivity contribution is -0.122. The molecule has 0 radical (unpaired) electrons. The molecule has 0 bridgehead atoms. The van der Waals surface area contributed by atoms with Gasteiger partial charge in [-0.1, -0.05) is 23.7 Å². The van der Waals surface area contributed by atoms with Crippen LogP contribution in [-0.4, -0.2) is 39.2 Å². The van der Waals surface area contributed by atoms with E-state index in [0.717, 1.165) is 10.5 Å². The highest BCUT2D eigenvalue weighted by Crippen LogP contribution is 2.40. The predicted octanol–water partition coefficient (Wildman–Crippen LogP) is 5.35. The number of anilines is 1. The maximum absolute atomic E-state index is 13.5. The molecule has 1 aliphatic heterocycles. The van der Waals surface area contributed by atoms with Crippen molar-refractivity contribution in [1.82, 2.24) is 5.32 Å². The molecular formula is C27H21ClFIN2O7. The third-order valence-electron chi connectivity index (χ3n) is 5.66. The second-order valence-electron chi connectivity index (χ2n) is 8.07. The molecule has 4 rings (SSSR count). The fourth-order valence-corrected chi connectivity index (χ4v) is 4.77. The number of nitrogens with one attached hydrogen (secondary N) is 1. The fourth-order valence-electron chi connectivity index (χ4n) is 3.76. The van der Waals surface area contributed by atoms with Crippen LogP contribution in [0.25, 0.3) is 6.08 Å². The van der Waals surface area contributed by atoms with Crippen molar-refractivity contribution in [2.45, 2.75) is 6.61 Å². The molecule has 0 spiro atoms. The molecule has 39 heavy (non-hydrogen) atoms. The SMILES string of the molecule is COc1cc(N2C(=O)NC(=O)/C(=C\c3cc(I)c(OCc4ccc(F)cc4)c(OC)c3)C2=O)c(OC)cc1Cl. The topological polar surface area (TPSA) is 103 Å². The predicted molar refractivity (Wildman–Crippen MR) is 150 cm³/mol. The molecule has 1 aliphatic rings. The van der Waals surface area contributed by atoms with E-state index < -0.39 is 17.8 Å². The summed E-state index contributed by atoms with van der Waals surface area (Å²) in [5.74, 6) is -0.999. The molecular weight excluding hydrogens is 646 g/mol.